The monoisotopic (exact) mass is 275 g/mol. The highest BCUT2D eigenvalue weighted by Crippen LogP contribution is 2.33. The van der Waals surface area contributed by atoms with Crippen molar-refractivity contribution in [2.75, 3.05) is 25.6 Å². The van der Waals surface area contributed by atoms with Crippen LogP contribution in [0.1, 0.15) is 0 Å². The third-order valence-corrected chi connectivity index (χ3v) is 2.90. The van der Waals surface area contributed by atoms with Crippen LogP contribution in [-0.2, 0) is 9.53 Å². The van der Waals surface area contributed by atoms with Crippen molar-refractivity contribution < 1.29 is 14.5 Å². The summed E-state index contributed by atoms with van der Waals surface area (Å²) in [5.41, 5.74) is 0.839. The minimum atomic E-state index is -0.511. The summed E-state index contributed by atoms with van der Waals surface area (Å²) in [6, 6.07) is 7.06. The fourth-order valence-electron chi connectivity index (χ4n) is 1.99. The van der Waals surface area contributed by atoms with Gasteiger partial charge in [0.15, 0.2) is 0 Å². The zero-order chi connectivity index (χ0) is 14.7. The van der Waals surface area contributed by atoms with E-state index in [9.17, 15) is 14.9 Å². The van der Waals surface area contributed by atoms with Crippen LogP contribution in [0, 0.1) is 10.1 Å². The van der Waals surface area contributed by atoms with E-state index in [4.69, 9.17) is 0 Å². The molecule has 0 amide bonds. The van der Waals surface area contributed by atoms with Gasteiger partial charge in [0.25, 0.3) is 0 Å². The number of benzene rings is 1. The maximum absolute atomic E-state index is 11.4. The summed E-state index contributed by atoms with van der Waals surface area (Å²) in [7, 11) is 2.88. The minimum Gasteiger partial charge on any atom is -0.468 e. The summed E-state index contributed by atoms with van der Waals surface area (Å²) in [5, 5.41) is 11.8. The van der Waals surface area contributed by atoms with E-state index in [2.05, 4.69) is 9.72 Å². The second-order valence-electron chi connectivity index (χ2n) is 4.20. The van der Waals surface area contributed by atoms with E-state index in [1.807, 2.05) is 0 Å². The lowest BCUT2D eigenvalue weighted by molar-refractivity contribution is -0.384. The van der Waals surface area contributed by atoms with Crippen LogP contribution in [0.2, 0.25) is 0 Å². The SMILES string of the molecule is COC(=O)CN(C)c1c([N+](=O)[O-])cnc2ccccc12. The van der Waals surface area contributed by atoms with E-state index >= 15 is 0 Å². The molecule has 20 heavy (non-hydrogen) atoms. The molecular weight excluding hydrogens is 262 g/mol. The second kappa shape index (κ2) is 5.52. The Balaban J connectivity index is 2.60. The minimum absolute atomic E-state index is 0.0780. The highest BCUT2D eigenvalue weighted by molar-refractivity contribution is 5.97. The van der Waals surface area contributed by atoms with E-state index in [-0.39, 0.29) is 12.2 Å². The van der Waals surface area contributed by atoms with Gasteiger partial charge in [0.1, 0.15) is 18.4 Å². The van der Waals surface area contributed by atoms with Crippen LogP contribution in [0.5, 0.6) is 0 Å². The van der Waals surface area contributed by atoms with Crippen LogP contribution in [0.25, 0.3) is 10.9 Å². The predicted octanol–water partition coefficient (Wildman–Crippen LogP) is 1.75. The molecule has 0 unspecified atom stereocenters. The van der Waals surface area contributed by atoms with Crippen LogP contribution in [-0.4, -0.2) is 36.6 Å². The molecule has 0 aliphatic heterocycles. The zero-order valence-corrected chi connectivity index (χ0v) is 11.1. The van der Waals surface area contributed by atoms with Crippen LogP contribution >= 0.6 is 0 Å². The van der Waals surface area contributed by atoms with Crippen molar-refractivity contribution in [3.63, 3.8) is 0 Å². The molecule has 0 saturated heterocycles. The van der Waals surface area contributed by atoms with E-state index in [0.29, 0.717) is 16.6 Å². The van der Waals surface area contributed by atoms with Gasteiger partial charge in [0.2, 0.25) is 0 Å². The number of anilines is 1. The molecule has 1 heterocycles. The van der Waals surface area contributed by atoms with Gasteiger partial charge >= 0.3 is 11.7 Å². The molecule has 0 saturated carbocycles. The van der Waals surface area contributed by atoms with Gasteiger partial charge < -0.3 is 9.64 Å². The summed E-state index contributed by atoms with van der Waals surface area (Å²) in [4.78, 5) is 27.6. The average Bonchev–Trinajstić information content (AvgIpc) is 2.45. The Labute approximate surface area is 114 Å². The number of carbonyl (C=O) groups is 1. The number of esters is 1. The fraction of sp³-hybridized carbons (Fsp3) is 0.231. The number of hydrogen-bond acceptors (Lipinski definition) is 6. The fourth-order valence-corrected chi connectivity index (χ4v) is 1.99. The molecule has 104 valence electrons. The van der Waals surface area contributed by atoms with Crippen molar-refractivity contribution in [1.29, 1.82) is 0 Å². The first-order valence-electron chi connectivity index (χ1n) is 5.84. The number of nitro groups is 1. The van der Waals surface area contributed by atoms with Gasteiger partial charge in [-0.15, -0.1) is 0 Å². The van der Waals surface area contributed by atoms with Crippen molar-refractivity contribution in [2.24, 2.45) is 0 Å². The van der Waals surface area contributed by atoms with Crippen molar-refractivity contribution in [1.82, 2.24) is 4.98 Å². The number of methoxy groups -OCH3 is 1. The van der Waals surface area contributed by atoms with Gasteiger partial charge in [-0.3, -0.25) is 14.9 Å². The summed E-state index contributed by atoms with van der Waals surface area (Å²) in [6.45, 7) is -0.0780. The normalized spacial score (nSPS) is 10.3. The van der Waals surface area contributed by atoms with Gasteiger partial charge in [0, 0.05) is 12.4 Å². The summed E-state index contributed by atoms with van der Waals surface area (Å²) < 4.78 is 4.59. The highest BCUT2D eigenvalue weighted by atomic mass is 16.6. The first-order chi connectivity index (χ1) is 9.54. The van der Waals surface area contributed by atoms with E-state index in [1.54, 1.807) is 31.3 Å². The van der Waals surface area contributed by atoms with Gasteiger partial charge in [-0.25, -0.2) is 4.98 Å². The molecule has 7 heteroatoms. The van der Waals surface area contributed by atoms with Crippen LogP contribution in [0.3, 0.4) is 0 Å². The van der Waals surface area contributed by atoms with Gasteiger partial charge in [0.05, 0.1) is 17.5 Å². The van der Waals surface area contributed by atoms with Crippen molar-refractivity contribution >= 4 is 28.2 Å². The summed E-state index contributed by atoms with van der Waals surface area (Å²) >= 11 is 0. The van der Waals surface area contributed by atoms with Crippen molar-refractivity contribution in [3.8, 4) is 0 Å². The number of para-hydroxylation sites is 1. The Kier molecular flexibility index (Phi) is 3.79. The lowest BCUT2D eigenvalue weighted by atomic mass is 10.1. The summed E-state index contributed by atoms with van der Waals surface area (Å²) in [6.07, 6.45) is 1.20. The molecule has 0 N–H and O–H groups in total. The molecule has 0 aliphatic rings. The number of carbonyl (C=O) groups excluding carboxylic acids is 1. The average molecular weight is 275 g/mol. The number of likely N-dealkylation sites (N-methyl/N-ethyl adjacent to an activating group) is 1. The maximum atomic E-state index is 11.4. The number of pyridine rings is 1. The molecule has 1 aromatic heterocycles. The standard InChI is InChI=1S/C13H13N3O4/c1-15(8-12(17)20-2)13-9-5-3-4-6-10(9)14-7-11(13)16(18)19/h3-7H,8H2,1-2H3. The van der Waals surface area contributed by atoms with Crippen molar-refractivity contribution in [2.45, 2.75) is 0 Å². The zero-order valence-electron chi connectivity index (χ0n) is 11.1. The van der Waals surface area contributed by atoms with Crippen LogP contribution in [0.15, 0.2) is 30.5 Å². The maximum Gasteiger partial charge on any atom is 0.325 e. The first-order valence-corrected chi connectivity index (χ1v) is 5.84. The Morgan fingerprint density at radius 1 is 1.45 bits per heavy atom. The molecule has 0 atom stereocenters. The largest absolute Gasteiger partial charge is 0.468 e. The van der Waals surface area contributed by atoms with E-state index in [1.165, 1.54) is 18.2 Å². The molecule has 0 aliphatic carbocycles. The quantitative estimate of drug-likeness (QED) is 0.480. The van der Waals surface area contributed by atoms with Crippen LogP contribution in [0.4, 0.5) is 11.4 Å². The lowest BCUT2D eigenvalue weighted by Gasteiger charge is -2.19. The van der Waals surface area contributed by atoms with Gasteiger partial charge in [-0.05, 0) is 6.07 Å². The second-order valence-corrected chi connectivity index (χ2v) is 4.20. The number of rotatable bonds is 4. The number of fused-ring (bicyclic) bond motifs is 1. The van der Waals surface area contributed by atoms with Gasteiger partial charge in [-0.2, -0.15) is 0 Å². The lowest BCUT2D eigenvalue weighted by Crippen LogP contribution is -2.27. The van der Waals surface area contributed by atoms with E-state index < -0.39 is 10.9 Å². The van der Waals surface area contributed by atoms with Gasteiger partial charge in [-0.1, -0.05) is 18.2 Å². The number of nitrogens with zero attached hydrogens (tertiary/aromatic N) is 3. The number of hydrogen-bond donors (Lipinski definition) is 0. The Morgan fingerprint density at radius 2 is 2.15 bits per heavy atom. The van der Waals surface area contributed by atoms with Crippen LogP contribution < -0.4 is 4.90 Å². The molecule has 2 aromatic rings. The first kappa shape index (κ1) is 13.7. The molecule has 0 radical (unpaired) electrons. The molecule has 7 nitrogen and oxygen atoms in total. The Morgan fingerprint density at radius 3 is 2.80 bits per heavy atom. The molecule has 0 bridgehead atoms. The molecule has 0 spiro atoms. The Bertz CT molecular complexity index is 672. The smallest absolute Gasteiger partial charge is 0.325 e. The van der Waals surface area contributed by atoms with E-state index in [0.717, 1.165) is 0 Å². The third kappa shape index (κ3) is 2.51. The molecule has 2 rings (SSSR count). The number of ether oxygens (including phenoxy) is 1. The highest BCUT2D eigenvalue weighted by Gasteiger charge is 2.22. The molecule has 0 fully saturated rings. The summed E-state index contributed by atoms with van der Waals surface area (Å²) in [5.74, 6) is -0.470. The van der Waals surface area contributed by atoms with Crippen molar-refractivity contribution in [3.05, 3.63) is 40.6 Å². The topological polar surface area (TPSA) is 85.6 Å². The molecule has 1 aromatic carbocycles. The molecular formula is C13H13N3O4. The number of aromatic nitrogens is 1. The predicted molar refractivity (Wildman–Crippen MR) is 73.7 cm³/mol. The third-order valence-electron chi connectivity index (χ3n) is 2.90. The Hall–Kier alpha value is -2.70.